The molecule has 22 heavy (non-hydrogen) atoms. The number of nitrogens with one attached hydrogen (secondary N) is 2. The van der Waals surface area contributed by atoms with E-state index in [1.54, 1.807) is 0 Å². The van der Waals surface area contributed by atoms with Crippen LogP contribution in [0, 0.1) is 13.8 Å². The number of ketones is 1. The van der Waals surface area contributed by atoms with Gasteiger partial charge in [0.1, 0.15) is 0 Å². The molecule has 1 atom stereocenters. The fourth-order valence-electron chi connectivity index (χ4n) is 2.52. The second kappa shape index (κ2) is 6.06. The average molecular weight is 292 g/mol. The van der Waals surface area contributed by atoms with E-state index in [4.69, 9.17) is 0 Å². The summed E-state index contributed by atoms with van der Waals surface area (Å²) >= 11 is 0. The second-order valence-electron chi connectivity index (χ2n) is 5.82. The molecule has 0 fully saturated rings. The molecule has 1 aliphatic carbocycles. The van der Waals surface area contributed by atoms with E-state index in [1.807, 2.05) is 49.4 Å². The molecule has 3 rings (SSSR count). The van der Waals surface area contributed by atoms with Crippen LogP contribution in [0.4, 0.5) is 11.4 Å². The van der Waals surface area contributed by atoms with Gasteiger partial charge >= 0.3 is 0 Å². The van der Waals surface area contributed by atoms with Crippen molar-refractivity contribution in [3.8, 4) is 0 Å². The molecule has 0 saturated heterocycles. The molecule has 0 aliphatic heterocycles. The Balaban J connectivity index is 1.68. The Morgan fingerprint density at radius 1 is 0.864 bits per heavy atom. The number of aryl methyl sites for hydroxylation is 2. The summed E-state index contributed by atoms with van der Waals surface area (Å²) in [4.78, 5) is 12.1. The molecule has 2 aromatic carbocycles. The van der Waals surface area contributed by atoms with E-state index in [1.165, 1.54) is 11.1 Å². The molecular weight excluding hydrogens is 272 g/mol. The minimum absolute atomic E-state index is 0.0446. The number of hydrogen-bond acceptors (Lipinski definition) is 3. The van der Waals surface area contributed by atoms with Gasteiger partial charge in [0.15, 0.2) is 5.78 Å². The van der Waals surface area contributed by atoms with Gasteiger partial charge in [-0.05, 0) is 44.2 Å². The van der Waals surface area contributed by atoms with Crippen molar-refractivity contribution in [1.29, 1.82) is 0 Å². The van der Waals surface area contributed by atoms with Crippen molar-refractivity contribution >= 4 is 17.2 Å². The highest BCUT2D eigenvalue weighted by atomic mass is 16.1. The molecular formula is C19H20N2O. The molecule has 0 amide bonds. The highest BCUT2D eigenvalue weighted by molar-refractivity contribution is 6.01. The van der Waals surface area contributed by atoms with Crippen LogP contribution in [0.3, 0.4) is 0 Å². The van der Waals surface area contributed by atoms with E-state index in [0.717, 1.165) is 11.4 Å². The van der Waals surface area contributed by atoms with Gasteiger partial charge in [-0.1, -0.05) is 35.4 Å². The minimum atomic E-state index is 0.0446. The van der Waals surface area contributed by atoms with Crippen LogP contribution in [-0.4, -0.2) is 11.8 Å². The predicted molar refractivity (Wildman–Crippen MR) is 91.1 cm³/mol. The molecule has 2 N–H and O–H groups in total. The minimum Gasteiger partial charge on any atom is -0.378 e. The Kier molecular flexibility index (Phi) is 3.96. The van der Waals surface area contributed by atoms with Gasteiger partial charge in [-0.15, -0.1) is 0 Å². The first kappa shape index (κ1) is 14.4. The van der Waals surface area contributed by atoms with Crippen molar-refractivity contribution in [3.05, 3.63) is 71.4 Å². The Labute approximate surface area is 131 Å². The average Bonchev–Trinajstić information content (AvgIpc) is 2.84. The lowest BCUT2D eigenvalue weighted by molar-refractivity contribution is -0.114. The first-order valence-electron chi connectivity index (χ1n) is 7.52. The van der Waals surface area contributed by atoms with E-state index in [-0.39, 0.29) is 11.8 Å². The summed E-state index contributed by atoms with van der Waals surface area (Å²) in [7, 11) is 0. The molecule has 0 aromatic heterocycles. The third-order valence-corrected chi connectivity index (χ3v) is 3.81. The van der Waals surface area contributed by atoms with E-state index >= 15 is 0 Å². The number of benzene rings is 2. The fourth-order valence-corrected chi connectivity index (χ4v) is 2.52. The zero-order valence-electron chi connectivity index (χ0n) is 12.9. The maximum Gasteiger partial charge on any atom is 0.181 e. The molecule has 112 valence electrons. The lowest BCUT2D eigenvalue weighted by atomic mass is 10.2. The topological polar surface area (TPSA) is 41.1 Å². The van der Waals surface area contributed by atoms with E-state index in [9.17, 15) is 4.79 Å². The SMILES string of the molecule is Cc1ccc(NC2=C[C@@H](Nc3ccc(C)cc3)CC2=O)cc1. The summed E-state index contributed by atoms with van der Waals surface area (Å²) in [5.74, 6) is 0.144. The smallest absolute Gasteiger partial charge is 0.181 e. The molecule has 0 bridgehead atoms. The van der Waals surface area contributed by atoms with Crippen molar-refractivity contribution in [2.75, 3.05) is 10.6 Å². The second-order valence-corrected chi connectivity index (χ2v) is 5.82. The van der Waals surface area contributed by atoms with Gasteiger partial charge in [0.25, 0.3) is 0 Å². The zero-order chi connectivity index (χ0) is 15.5. The lowest BCUT2D eigenvalue weighted by Crippen LogP contribution is -2.15. The van der Waals surface area contributed by atoms with Crippen LogP contribution in [-0.2, 0) is 4.79 Å². The third-order valence-electron chi connectivity index (χ3n) is 3.81. The molecule has 0 radical (unpaired) electrons. The summed E-state index contributed by atoms with van der Waals surface area (Å²) in [6.07, 6.45) is 2.46. The maximum absolute atomic E-state index is 12.1. The van der Waals surface area contributed by atoms with Crippen LogP contribution in [0.15, 0.2) is 60.3 Å². The summed E-state index contributed by atoms with van der Waals surface area (Å²) in [5.41, 5.74) is 5.09. The Hall–Kier alpha value is -2.55. The van der Waals surface area contributed by atoms with Gasteiger partial charge in [0, 0.05) is 17.8 Å². The largest absolute Gasteiger partial charge is 0.378 e. The molecule has 2 aromatic rings. The monoisotopic (exact) mass is 292 g/mol. The number of hydrogen-bond donors (Lipinski definition) is 2. The standard InChI is InChI=1S/C19H20N2O/c1-13-3-7-15(8-4-13)20-17-11-18(19(22)12-17)21-16-9-5-14(2)6-10-16/h3-11,17,20-21H,12H2,1-2H3/t17-/m1/s1. The number of anilines is 2. The van der Waals surface area contributed by atoms with Crippen LogP contribution < -0.4 is 10.6 Å². The number of rotatable bonds is 4. The van der Waals surface area contributed by atoms with Crippen LogP contribution >= 0.6 is 0 Å². The quantitative estimate of drug-likeness (QED) is 0.893. The Bertz CT molecular complexity index is 699. The molecule has 0 spiro atoms. The Morgan fingerprint density at radius 2 is 1.41 bits per heavy atom. The molecule has 1 aliphatic rings. The van der Waals surface area contributed by atoms with Crippen molar-refractivity contribution in [2.24, 2.45) is 0 Å². The van der Waals surface area contributed by atoms with Crippen molar-refractivity contribution < 1.29 is 4.79 Å². The van der Waals surface area contributed by atoms with Gasteiger partial charge in [-0.3, -0.25) is 4.79 Å². The number of carbonyl (C=O) groups excluding carboxylic acids is 1. The van der Waals surface area contributed by atoms with Crippen LogP contribution in [0.2, 0.25) is 0 Å². The summed E-state index contributed by atoms with van der Waals surface area (Å²) in [6.45, 7) is 4.11. The van der Waals surface area contributed by atoms with Crippen LogP contribution in [0.25, 0.3) is 0 Å². The van der Waals surface area contributed by atoms with Crippen LogP contribution in [0.1, 0.15) is 17.5 Å². The highest BCUT2D eigenvalue weighted by Gasteiger charge is 2.24. The zero-order valence-corrected chi connectivity index (χ0v) is 12.9. The molecule has 3 nitrogen and oxygen atoms in total. The lowest BCUT2D eigenvalue weighted by Gasteiger charge is -2.11. The number of allylic oxidation sites excluding steroid dienone is 1. The highest BCUT2D eigenvalue weighted by Crippen LogP contribution is 2.22. The van der Waals surface area contributed by atoms with Crippen molar-refractivity contribution in [1.82, 2.24) is 0 Å². The van der Waals surface area contributed by atoms with Crippen LogP contribution in [0.5, 0.6) is 0 Å². The maximum atomic E-state index is 12.1. The first-order valence-corrected chi connectivity index (χ1v) is 7.52. The van der Waals surface area contributed by atoms with E-state index in [0.29, 0.717) is 12.1 Å². The number of Topliss-reactive ketones (excluding diaryl/α,β-unsaturated/α-hetero) is 1. The normalized spacial score (nSPS) is 17.3. The van der Waals surface area contributed by atoms with E-state index < -0.39 is 0 Å². The molecule has 0 heterocycles. The number of carbonyl (C=O) groups is 1. The van der Waals surface area contributed by atoms with Gasteiger partial charge in [-0.2, -0.15) is 0 Å². The van der Waals surface area contributed by atoms with Gasteiger partial charge in [-0.25, -0.2) is 0 Å². The predicted octanol–water partition coefficient (Wildman–Crippen LogP) is 4.05. The van der Waals surface area contributed by atoms with Gasteiger partial charge in [0.2, 0.25) is 0 Å². The summed E-state index contributed by atoms with van der Waals surface area (Å²) < 4.78 is 0. The van der Waals surface area contributed by atoms with E-state index in [2.05, 4.69) is 29.7 Å². The van der Waals surface area contributed by atoms with Gasteiger partial charge < -0.3 is 10.6 Å². The fraction of sp³-hybridized carbons (Fsp3) is 0.211. The van der Waals surface area contributed by atoms with Gasteiger partial charge in [0.05, 0.1) is 11.7 Å². The molecule has 3 heteroatoms. The van der Waals surface area contributed by atoms with Crippen molar-refractivity contribution in [3.63, 3.8) is 0 Å². The summed E-state index contributed by atoms with van der Waals surface area (Å²) in [6, 6.07) is 16.3. The third kappa shape index (κ3) is 3.37. The summed E-state index contributed by atoms with van der Waals surface area (Å²) in [5, 5.41) is 6.60. The molecule has 0 unspecified atom stereocenters. The van der Waals surface area contributed by atoms with Crippen molar-refractivity contribution in [2.45, 2.75) is 26.3 Å². The Morgan fingerprint density at radius 3 is 2.00 bits per heavy atom. The molecule has 0 saturated carbocycles. The first-order chi connectivity index (χ1) is 10.6.